The van der Waals surface area contributed by atoms with Gasteiger partial charge in [0.1, 0.15) is 47.0 Å². The van der Waals surface area contributed by atoms with Crippen molar-refractivity contribution in [3.05, 3.63) is 226 Å². The van der Waals surface area contributed by atoms with E-state index in [0.29, 0.717) is 11.6 Å². The number of carbonyl (C=O) groups is 1. The van der Waals surface area contributed by atoms with E-state index in [2.05, 4.69) is 34.6 Å². The summed E-state index contributed by atoms with van der Waals surface area (Å²) in [5, 5.41) is 3.69. The van der Waals surface area contributed by atoms with E-state index in [9.17, 15) is 9.59 Å². The summed E-state index contributed by atoms with van der Waals surface area (Å²) in [6.45, 7) is 1.91. The van der Waals surface area contributed by atoms with E-state index in [1.165, 1.54) is 4.57 Å². The van der Waals surface area contributed by atoms with Gasteiger partial charge in [-0.1, -0.05) is 153 Å². The van der Waals surface area contributed by atoms with Crippen LogP contribution in [0.25, 0.3) is 0 Å². The molecule has 9 heteroatoms. The van der Waals surface area contributed by atoms with E-state index in [1.807, 2.05) is 153 Å². The van der Waals surface area contributed by atoms with E-state index in [-0.39, 0.29) is 0 Å². The molecule has 1 aromatic heterocycles. The minimum Gasteiger partial charge on any atom is -0.497 e. The lowest BCUT2D eigenvalue weighted by atomic mass is 9.77. The summed E-state index contributed by atoms with van der Waals surface area (Å²) < 4.78 is 26.4. The molecular weight excluding hydrogens is 739 g/mol. The van der Waals surface area contributed by atoms with Crippen molar-refractivity contribution in [2.24, 2.45) is 5.92 Å². The van der Waals surface area contributed by atoms with Crippen LogP contribution in [0.3, 0.4) is 0 Å². The van der Waals surface area contributed by atoms with Crippen molar-refractivity contribution in [1.82, 2.24) is 9.55 Å². The predicted molar refractivity (Wildman–Crippen MR) is 228 cm³/mol. The number of nitrogens with one attached hydrogen (secondary N) is 1. The Bertz CT molecular complexity index is 2440. The van der Waals surface area contributed by atoms with E-state index in [4.69, 9.17) is 18.9 Å². The Morgan fingerprint density at radius 1 is 0.610 bits per heavy atom. The van der Waals surface area contributed by atoms with Crippen molar-refractivity contribution in [2.45, 2.75) is 36.5 Å². The number of methoxy groups -OCH3 is 2. The molecule has 59 heavy (non-hydrogen) atoms. The van der Waals surface area contributed by atoms with Gasteiger partial charge in [-0.15, -0.1) is 0 Å². The third-order valence-corrected chi connectivity index (χ3v) is 11.3. The molecule has 1 saturated heterocycles. The maximum absolute atomic E-state index is 14.5. The maximum atomic E-state index is 14.5. The first-order valence-electron chi connectivity index (χ1n) is 19.6. The first kappa shape index (κ1) is 39.0. The highest BCUT2D eigenvalue weighted by molar-refractivity contribution is 5.59. The normalized spacial score (nSPS) is 17.9. The molecule has 0 radical (unpaired) electrons. The molecular formula is C50H45N3O6. The molecule has 7 aromatic rings. The van der Waals surface area contributed by atoms with Crippen LogP contribution in [-0.4, -0.2) is 42.3 Å². The van der Waals surface area contributed by atoms with Crippen LogP contribution in [0.2, 0.25) is 0 Å². The summed E-state index contributed by atoms with van der Waals surface area (Å²) in [5.74, 6) is 1.30. The first-order chi connectivity index (χ1) is 28.9. The average molecular weight is 784 g/mol. The van der Waals surface area contributed by atoms with Crippen LogP contribution in [0.4, 0.5) is 5.82 Å². The molecule has 0 aliphatic carbocycles. The summed E-state index contributed by atoms with van der Waals surface area (Å²) in [6, 6.07) is 57.4. The largest absolute Gasteiger partial charge is 0.497 e. The Kier molecular flexibility index (Phi) is 11.2. The second-order valence-electron chi connectivity index (χ2n) is 14.5. The molecule has 4 atom stereocenters. The Morgan fingerprint density at radius 2 is 1.03 bits per heavy atom. The Morgan fingerprint density at radius 3 is 1.47 bits per heavy atom. The molecule has 0 bridgehead atoms. The molecule has 9 nitrogen and oxygen atoms in total. The van der Waals surface area contributed by atoms with Crippen LogP contribution in [-0.2, 0) is 25.4 Å². The monoisotopic (exact) mass is 783 g/mol. The number of ether oxygens (including phenoxy) is 4. The lowest BCUT2D eigenvalue weighted by Crippen LogP contribution is -2.43. The number of anilines is 1. The fraction of sp³-hybridized carbons (Fsp3) is 0.180. The molecule has 1 N–H and O–H groups in total. The molecule has 2 heterocycles. The number of aromatic nitrogens is 2. The quantitative estimate of drug-likeness (QED) is 0.0864. The standard InChI is InChI=1S/C50H45N3O6/c1-35-44(34-54)58-47(46(35)59-50(39-20-12-6-13-21-39,40-22-14-7-15-23-40)41-26-30-43(57-3)31-27-41)53-33-32-45(51-48(53)55)52-49(36-16-8-4-9-17-36,37-18-10-5-11-19-37)38-24-28-42(56-2)29-25-38/h4-35,44,46-47H,1-3H3,(H,51,52,55)/t35-,44-,46+,47-/m1/s1. The van der Waals surface area contributed by atoms with Crippen LogP contribution in [0.1, 0.15) is 46.5 Å². The molecule has 1 aliphatic rings. The number of rotatable bonds is 14. The third-order valence-electron chi connectivity index (χ3n) is 11.3. The van der Waals surface area contributed by atoms with Crippen molar-refractivity contribution in [3.63, 3.8) is 0 Å². The van der Waals surface area contributed by atoms with Crippen LogP contribution >= 0.6 is 0 Å². The fourth-order valence-electron chi connectivity index (χ4n) is 8.24. The van der Waals surface area contributed by atoms with Gasteiger partial charge in [-0.25, -0.2) is 4.79 Å². The molecule has 1 aliphatic heterocycles. The van der Waals surface area contributed by atoms with Crippen molar-refractivity contribution >= 4 is 12.1 Å². The summed E-state index contributed by atoms with van der Waals surface area (Å²) in [4.78, 5) is 31.7. The Hall–Kier alpha value is -6.81. The van der Waals surface area contributed by atoms with Gasteiger partial charge in [0.15, 0.2) is 6.23 Å². The summed E-state index contributed by atoms with van der Waals surface area (Å²) in [7, 11) is 3.27. The smallest absolute Gasteiger partial charge is 0.351 e. The fourth-order valence-corrected chi connectivity index (χ4v) is 8.24. The summed E-state index contributed by atoms with van der Waals surface area (Å²) in [5.41, 5.74) is 2.62. The molecule has 0 amide bonds. The minimum absolute atomic E-state index is 0.339. The van der Waals surface area contributed by atoms with Gasteiger partial charge < -0.3 is 29.1 Å². The van der Waals surface area contributed by atoms with Gasteiger partial charge in [-0.05, 0) is 63.7 Å². The number of nitrogens with zero attached hydrogens (tertiary/aromatic N) is 2. The molecule has 8 rings (SSSR count). The van der Waals surface area contributed by atoms with E-state index >= 15 is 0 Å². The van der Waals surface area contributed by atoms with Crippen LogP contribution in [0.15, 0.2) is 187 Å². The highest BCUT2D eigenvalue weighted by Crippen LogP contribution is 2.47. The van der Waals surface area contributed by atoms with Crippen molar-refractivity contribution in [3.8, 4) is 11.5 Å². The zero-order chi connectivity index (χ0) is 40.8. The minimum atomic E-state index is -1.19. The Balaban J connectivity index is 1.24. The van der Waals surface area contributed by atoms with Gasteiger partial charge in [0.05, 0.1) is 14.2 Å². The number of aldehydes is 1. The molecule has 0 spiro atoms. The first-order valence-corrected chi connectivity index (χ1v) is 19.6. The van der Waals surface area contributed by atoms with Crippen molar-refractivity contribution in [2.75, 3.05) is 19.5 Å². The van der Waals surface area contributed by atoms with Gasteiger partial charge in [0, 0.05) is 12.1 Å². The van der Waals surface area contributed by atoms with Gasteiger partial charge >= 0.3 is 5.69 Å². The summed E-state index contributed by atoms with van der Waals surface area (Å²) in [6.07, 6.45) is -0.216. The van der Waals surface area contributed by atoms with Crippen LogP contribution in [0, 0.1) is 5.92 Å². The summed E-state index contributed by atoms with van der Waals surface area (Å²) >= 11 is 0. The number of hydrogen-bond donors (Lipinski definition) is 1. The van der Waals surface area contributed by atoms with Crippen LogP contribution < -0.4 is 20.5 Å². The maximum Gasteiger partial charge on any atom is 0.351 e. The lowest BCUT2D eigenvalue weighted by molar-refractivity contribution is -0.126. The zero-order valence-corrected chi connectivity index (χ0v) is 33.1. The Labute approximate surface area is 343 Å². The van der Waals surface area contributed by atoms with Crippen LogP contribution in [0.5, 0.6) is 11.5 Å². The number of benzene rings is 6. The molecule has 0 saturated carbocycles. The molecule has 1 fully saturated rings. The molecule has 296 valence electrons. The van der Waals surface area contributed by atoms with Gasteiger partial charge in [0.25, 0.3) is 0 Å². The molecule has 0 unspecified atom stereocenters. The van der Waals surface area contributed by atoms with Crippen molar-refractivity contribution in [1.29, 1.82) is 0 Å². The highest BCUT2D eigenvalue weighted by Gasteiger charge is 2.50. The molecule has 6 aromatic carbocycles. The SMILES string of the molecule is COc1ccc(C(Nc2ccn([C@@H]3O[C@H](C=O)[C@@H](C)[C@@H]3OC(c3ccccc3)(c3ccccc3)c3ccc(OC)cc3)c(=O)n2)(c2ccccc2)c2ccccc2)cc1. The highest BCUT2D eigenvalue weighted by atomic mass is 16.6. The van der Waals surface area contributed by atoms with Gasteiger partial charge in [-0.2, -0.15) is 4.98 Å². The van der Waals surface area contributed by atoms with E-state index in [1.54, 1.807) is 26.5 Å². The third kappa shape index (κ3) is 7.31. The lowest BCUT2D eigenvalue weighted by Gasteiger charge is -2.40. The second-order valence-corrected chi connectivity index (χ2v) is 14.5. The zero-order valence-electron chi connectivity index (χ0n) is 33.1. The van der Waals surface area contributed by atoms with Gasteiger partial charge in [0.2, 0.25) is 0 Å². The topological polar surface area (TPSA) is 101 Å². The average Bonchev–Trinajstić information content (AvgIpc) is 3.62. The van der Waals surface area contributed by atoms with Crippen molar-refractivity contribution < 1.29 is 23.7 Å². The number of carbonyl (C=O) groups excluding carboxylic acids is 1. The second kappa shape index (κ2) is 17.0. The predicted octanol–water partition coefficient (Wildman–Crippen LogP) is 8.77. The number of hydrogen-bond acceptors (Lipinski definition) is 8. The van der Waals surface area contributed by atoms with E-state index < -0.39 is 41.2 Å². The van der Waals surface area contributed by atoms with Gasteiger partial charge in [-0.3, -0.25) is 4.57 Å². The van der Waals surface area contributed by atoms with E-state index in [0.717, 1.165) is 45.4 Å².